The second-order valence-corrected chi connectivity index (χ2v) is 3.48. The van der Waals surface area contributed by atoms with Crippen LogP contribution in [-0.2, 0) is 4.79 Å². The lowest BCUT2D eigenvalue weighted by Gasteiger charge is -2.13. The summed E-state index contributed by atoms with van der Waals surface area (Å²) in [5.74, 6) is -3.53. The van der Waals surface area contributed by atoms with Crippen molar-refractivity contribution >= 4 is 5.97 Å². The minimum absolute atomic E-state index is 0.0892. The molecule has 0 spiro atoms. The summed E-state index contributed by atoms with van der Waals surface area (Å²) in [4.78, 5) is 10.5. The zero-order valence-corrected chi connectivity index (χ0v) is 8.96. The van der Waals surface area contributed by atoms with Crippen LogP contribution >= 0.6 is 0 Å². The van der Waals surface area contributed by atoms with Crippen LogP contribution in [0.2, 0.25) is 0 Å². The minimum Gasteiger partial charge on any atom is -0.494 e. The van der Waals surface area contributed by atoms with Gasteiger partial charge in [0.05, 0.1) is 13.5 Å². The predicted octanol–water partition coefficient (Wildman–Crippen LogP) is 2.55. The third-order valence-electron chi connectivity index (χ3n) is 2.28. The highest BCUT2D eigenvalue weighted by Gasteiger charge is 2.21. The number of rotatable bonds is 4. The van der Waals surface area contributed by atoms with Crippen molar-refractivity contribution in [3.63, 3.8) is 0 Å². The summed E-state index contributed by atoms with van der Waals surface area (Å²) in [6.45, 7) is 1.45. The van der Waals surface area contributed by atoms with E-state index in [1.54, 1.807) is 0 Å². The molecule has 0 bridgehead atoms. The van der Waals surface area contributed by atoms with E-state index >= 15 is 0 Å². The van der Waals surface area contributed by atoms with Gasteiger partial charge in [0.25, 0.3) is 0 Å². The molecule has 1 N–H and O–H groups in total. The molecular weight excluding hydrogens is 218 g/mol. The Labute approximate surface area is 91.7 Å². The van der Waals surface area contributed by atoms with Crippen molar-refractivity contribution < 1.29 is 23.4 Å². The van der Waals surface area contributed by atoms with E-state index in [0.29, 0.717) is 0 Å². The molecule has 1 unspecified atom stereocenters. The molecule has 0 aromatic heterocycles. The SMILES string of the molecule is COc1ccc(F)c(C(C)CC(=O)O)c1F. The third kappa shape index (κ3) is 2.48. The summed E-state index contributed by atoms with van der Waals surface area (Å²) < 4.78 is 31.8. The first-order chi connectivity index (χ1) is 7.47. The van der Waals surface area contributed by atoms with E-state index in [1.807, 2.05) is 0 Å². The fraction of sp³-hybridized carbons (Fsp3) is 0.364. The Morgan fingerprint density at radius 2 is 2.12 bits per heavy atom. The van der Waals surface area contributed by atoms with Gasteiger partial charge in [0.15, 0.2) is 11.6 Å². The molecule has 5 heteroatoms. The molecule has 0 aliphatic rings. The van der Waals surface area contributed by atoms with Crippen molar-refractivity contribution in [2.45, 2.75) is 19.3 Å². The van der Waals surface area contributed by atoms with Crippen LogP contribution in [0.5, 0.6) is 5.75 Å². The van der Waals surface area contributed by atoms with Crippen LogP contribution < -0.4 is 4.74 Å². The second kappa shape index (κ2) is 4.92. The van der Waals surface area contributed by atoms with Gasteiger partial charge in [-0.2, -0.15) is 0 Å². The molecule has 0 saturated heterocycles. The van der Waals surface area contributed by atoms with Gasteiger partial charge < -0.3 is 9.84 Å². The first kappa shape index (κ1) is 12.4. The minimum atomic E-state index is -1.10. The number of hydrogen-bond acceptors (Lipinski definition) is 2. The lowest BCUT2D eigenvalue weighted by Crippen LogP contribution is -2.08. The maximum absolute atomic E-state index is 13.7. The molecule has 1 atom stereocenters. The van der Waals surface area contributed by atoms with Crippen molar-refractivity contribution in [3.8, 4) is 5.75 Å². The van der Waals surface area contributed by atoms with Crippen LogP contribution in [0.3, 0.4) is 0 Å². The van der Waals surface area contributed by atoms with Crippen LogP contribution in [0.1, 0.15) is 24.8 Å². The molecule has 0 heterocycles. The Kier molecular flexibility index (Phi) is 3.82. The summed E-state index contributed by atoms with van der Waals surface area (Å²) in [5, 5.41) is 8.58. The molecule has 1 aromatic rings. The highest BCUT2D eigenvalue weighted by atomic mass is 19.1. The van der Waals surface area contributed by atoms with Crippen molar-refractivity contribution in [3.05, 3.63) is 29.3 Å². The number of methoxy groups -OCH3 is 1. The number of benzene rings is 1. The van der Waals surface area contributed by atoms with E-state index in [0.717, 1.165) is 6.07 Å². The van der Waals surface area contributed by atoms with E-state index in [1.165, 1.54) is 20.1 Å². The molecule has 0 fully saturated rings. The fourth-order valence-corrected chi connectivity index (χ4v) is 1.52. The van der Waals surface area contributed by atoms with Crippen LogP contribution in [0.15, 0.2) is 12.1 Å². The number of carbonyl (C=O) groups is 1. The predicted molar refractivity (Wildman–Crippen MR) is 53.6 cm³/mol. The Bertz CT molecular complexity index is 404. The first-order valence-corrected chi connectivity index (χ1v) is 4.71. The Balaban J connectivity index is 3.15. The van der Waals surface area contributed by atoms with Crippen molar-refractivity contribution in [1.82, 2.24) is 0 Å². The zero-order valence-electron chi connectivity index (χ0n) is 8.96. The Morgan fingerprint density at radius 3 is 2.62 bits per heavy atom. The van der Waals surface area contributed by atoms with E-state index < -0.39 is 23.5 Å². The van der Waals surface area contributed by atoms with E-state index in [4.69, 9.17) is 9.84 Å². The van der Waals surface area contributed by atoms with Gasteiger partial charge in [0, 0.05) is 5.56 Å². The number of ether oxygens (including phenoxy) is 1. The van der Waals surface area contributed by atoms with Gasteiger partial charge in [-0.15, -0.1) is 0 Å². The van der Waals surface area contributed by atoms with Gasteiger partial charge in [-0.3, -0.25) is 4.79 Å². The van der Waals surface area contributed by atoms with Crippen molar-refractivity contribution in [2.24, 2.45) is 0 Å². The second-order valence-electron chi connectivity index (χ2n) is 3.48. The van der Waals surface area contributed by atoms with E-state index in [-0.39, 0.29) is 17.7 Å². The average molecular weight is 230 g/mol. The summed E-state index contributed by atoms with van der Waals surface area (Å²) >= 11 is 0. The third-order valence-corrected chi connectivity index (χ3v) is 2.28. The molecule has 1 rings (SSSR count). The van der Waals surface area contributed by atoms with Crippen LogP contribution in [-0.4, -0.2) is 18.2 Å². The summed E-state index contributed by atoms with van der Waals surface area (Å²) in [6.07, 6.45) is -0.332. The Morgan fingerprint density at radius 1 is 1.50 bits per heavy atom. The number of carboxylic acids is 1. The lowest BCUT2D eigenvalue weighted by atomic mass is 9.96. The topological polar surface area (TPSA) is 46.5 Å². The van der Waals surface area contributed by atoms with Crippen molar-refractivity contribution in [2.75, 3.05) is 7.11 Å². The smallest absolute Gasteiger partial charge is 0.303 e. The van der Waals surface area contributed by atoms with Gasteiger partial charge in [-0.1, -0.05) is 6.92 Å². The molecule has 1 aromatic carbocycles. The maximum atomic E-state index is 13.7. The summed E-state index contributed by atoms with van der Waals surface area (Å²) in [6, 6.07) is 2.23. The van der Waals surface area contributed by atoms with Gasteiger partial charge in [0.1, 0.15) is 5.82 Å². The average Bonchev–Trinajstić information content (AvgIpc) is 2.16. The van der Waals surface area contributed by atoms with Crippen LogP contribution in [0.25, 0.3) is 0 Å². The number of aliphatic carboxylic acids is 1. The number of halogens is 2. The van der Waals surface area contributed by atoms with E-state index in [2.05, 4.69) is 0 Å². The van der Waals surface area contributed by atoms with E-state index in [9.17, 15) is 13.6 Å². The Hall–Kier alpha value is -1.65. The molecule has 16 heavy (non-hydrogen) atoms. The normalized spacial score (nSPS) is 12.2. The van der Waals surface area contributed by atoms with Gasteiger partial charge in [-0.25, -0.2) is 8.78 Å². The van der Waals surface area contributed by atoms with Crippen molar-refractivity contribution in [1.29, 1.82) is 0 Å². The molecule has 0 saturated carbocycles. The molecule has 0 radical (unpaired) electrons. The monoisotopic (exact) mass is 230 g/mol. The highest BCUT2D eigenvalue weighted by molar-refractivity contribution is 5.68. The summed E-state index contributed by atoms with van der Waals surface area (Å²) in [7, 11) is 1.27. The lowest BCUT2D eigenvalue weighted by molar-refractivity contribution is -0.137. The molecule has 3 nitrogen and oxygen atoms in total. The molecule has 88 valence electrons. The maximum Gasteiger partial charge on any atom is 0.303 e. The number of carboxylic acid groups (broad SMARTS) is 1. The molecular formula is C11H12F2O3. The van der Waals surface area contributed by atoms with Gasteiger partial charge in [0.2, 0.25) is 0 Å². The molecule has 0 amide bonds. The van der Waals surface area contributed by atoms with Crippen LogP contribution in [0.4, 0.5) is 8.78 Å². The standard InChI is InChI=1S/C11H12F2O3/c1-6(5-9(14)15)10-7(12)3-4-8(16-2)11(10)13/h3-4,6H,5H2,1-2H3,(H,14,15). The highest BCUT2D eigenvalue weighted by Crippen LogP contribution is 2.30. The largest absolute Gasteiger partial charge is 0.494 e. The summed E-state index contributed by atoms with van der Waals surface area (Å²) in [5.41, 5.74) is -0.248. The van der Waals surface area contributed by atoms with Gasteiger partial charge in [-0.05, 0) is 18.1 Å². The fourth-order valence-electron chi connectivity index (χ4n) is 1.52. The zero-order chi connectivity index (χ0) is 12.3. The molecule has 0 aliphatic heterocycles. The van der Waals surface area contributed by atoms with Gasteiger partial charge >= 0.3 is 5.97 Å². The molecule has 0 aliphatic carbocycles. The number of hydrogen-bond donors (Lipinski definition) is 1. The first-order valence-electron chi connectivity index (χ1n) is 4.71. The quantitative estimate of drug-likeness (QED) is 0.864. The van der Waals surface area contributed by atoms with Crippen LogP contribution in [0, 0.1) is 11.6 Å².